The first-order chi connectivity index (χ1) is 16.5. The van der Waals surface area contributed by atoms with Crippen molar-refractivity contribution in [1.82, 2.24) is 0 Å². The van der Waals surface area contributed by atoms with E-state index in [1.54, 1.807) is 31.4 Å². The maximum Gasteiger partial charge on any atom is 0.270 e. The van der Waals surface area contributed by atoms with Gasteiger partial charge in [-0.15, -0.1) is 0 Å². The zero-order chi connectivity index (χ0) is 23.7. The lowest BCUT2D eigenvalue weighted by Gasteiger charge is -2.15. The summed E-state index contributed by atoms with van der Waals surface area (Å²) in [5.41, 5.74) is 2.29. The topological polar surface area (TPSA) is 57.2 Å². The molecule has 9 heteroatoms. The van der Waals surface area contributed by atoms with Gasteiger partial charge in [0.15, 0.2) is 27.3 Å². The average molecular weight is 512 g/mol. The second-order valence-electron chi connectivity index (χ2n) is 7.35. The number of benzene rings is 3. The number of fused-ring (bicyclic) bond motifs is 1. The zero-order valence-corrected chi connectivity index (χ0v) is 20.3. The van der Waals surface area contributed by atoms with Crippen LogP contribution in [0.3, 0.4) is 0 Å². The van der Waals surface area contributed by atoms with Crippen LogP contribution < -0.4 is 23.8 Å². The quantitative estimate of drug-likeness (QED) is 0.294. The fraction of sp³-hybridized carbons (Fsp3) is 0.120. The van der Waals surface area contributed by atoms with Crippen LogP contribution >= 0.6 is 35.6 Å². The number of carbonyl (C=O) groups is 1. The Bertz CT molecular complexity index is 1310. The lowest BCUT2D eigenvalue weighted by atomic mass is 10.1. The molecule has 2 aliphatic heterocycles. The summed E-state index contributed by atoms with van der Waals surface area (Å²) in [5.74, 6) is 2.10. The Morgan fingerprint density at radius 2 is 1.91 bits per heavy atom. The van der Waals surface area contributed by atoms with Crippen molar-refractivity contribution >= 4 is 57.6 Å². The molecule has 0 aliphatic carbocycles. The summed E-state index contributed by atoms with van der Waals surface area (Å²) in [4.78, 5) is 15.3. The first kappa shape index (κ1) is 22.6. The number of thiocarbonyl (C=S) groups is 1. The van der Waals surface area contributed by atoms with E-state index in [9.17, 15) is 4.79 Å². The number of hydrogen-bond acceptors (Lipinski definition) is 7. The number of halogens is 1. The highest BCUT2D eigenvalue weighted by atomic mass is 35.5. The van der Waals surface area contributed by atoms with Crippen molar-refractivity contribution < 1.29 is 23.7 Å². The fourth-order valence-electron chi connectivity index (χ4n) is 3.55. The number of para-hydroxylation sites is 1. The number of amides is 1. The maximum atomic E-state index is 13.3. The van der Waals surface area contributed by atoms with Crippen LogP contribution in [0.15, 0.2) is 65.6 Å². The standard InChI is InChI=1S/C25H18ClNO5S2/c1-29-20-4-2-3-16(23(20)30-13-15-5-7-17(26)8-6-15)11-22-24(28)27(25(33)34-22)18-9-10-19-21(12-18)32-14-31-19/h2-12H,13-14H2,1H3/b22-11+. The molecule has 3 aromatic rings. The summed E-state index contributed by atoms with van der Waals surface area (Å²) in [6, 6.07) is 18.2. The first-order valence-electron chi connectivity index (χ1n) is 10.3. The van der Waals surface area contributed by atoms with Crippen molar-refractivity contribution in [2.24, 2.45) is 0 Å². The van der Waals surface area contributed by atoms with Crippen molar-refractivity contribution in [3.8, 4) is 23.0 Å². The van der Waals surface area contributed by atoms with Crippen molar-refractivity contribution in [3.05, 3.63) is 81.7 Å². The number of ether oxygens (including phenoxy) is 4. The molecule has 0 N–H and O–H groups in total. The lowest BCUT2D eigenvalue weighted by Crippen LogP contribution is -2.27. The fourth-order valence-corrected chi connectivity index (χ4v) is 4.97. The second kappa shape index (κ2) is 9.58. The molecule has 0 spiro atoms. The monoisotopic (exact) mass is 511 g/mol. The number of anilines is 1. The molecule has 0 aromatic heterocycles. The molecule has 6 nitrogen and oxygen atoms in total. The van der Waals surface area contributed by atoms with Crippen LogP contribution in [0.25, 0.3) is 6.08 Å². The number of carbonyl (C=O) groups excluding carboxylic acids is 1. The van der Waals surface area contributed by atoms with Gasteiger partial charge in [0.2, 0.25) is 6.79 Å². The van der Waals surface area contributed by atoms with E-state index in [2.05, 4.69) is 0 Å². The predicted molar refractivity (Wildman–Crippen MR) is 137 cm³/mol. The molecule has 1 saturated heterocycles. The van der Waals surface area contributed by atoms with Gasteiger partial charge in [-0.2, -0.15) is 0 Å². The van der Waals surface area contributed by atoms with Gasteiger partial charge in [-0.1, -0.05) is 59.8 Å². The van der Waals surface area contributed by atoms with Gasteiger partial charge in [-0.3, -0.25) is 9.69 Å². The molecule has 172 valence electrons. The highest BCUT2D eigenvalue weighted by Gasteiger charge is 2.34. The Morgan fingerprint density at radius 1 is 1.12 bits per heavy atom. The van der Waals surface area contributed by atoms with Crippen LogP contribution in [0.2, 0.25) is 5.02 Å². The van der Waals surface area contributed by atoms with Crippen molar-refractivity contribution in [2.45, 2.75) is 6.61 Å². The van der Waals surface area contributed by atoms with Gasteiger partial charge in [-0.25, -0.2) is 0 Å². The van der Waals surface area contributed by atoms with Gasteiger partial charge in [0, 0.05) is 16.7 Å². The van der Waals surface area contributed by atoms with Crippen LogP contribution in [-0.2, 0) is 11.4 Å². The number of nitrogens with zero attached hydrogens (tertiary/aromatic N) is 1. The van der Waals surface area contributed by atoms with Gasteiger partial charge in [0.05, 0.1) is 17.7 Å². The van der Waals surface area contributed by atoms with E-state index in [0.29, 0.717) is 55.1 Å². The number of hydrogen-bond donors (Lipinski definition) is 0. The van der Waals surface area contributed by atoms with E-state index in [4.69, 9.17) is 42.8 Å². The van der Waals surface area contributed by atoms with Crippen LogP contribution in [0.1, 0.15) is 11.1 Å². The van der Waals surface area contributed by atoms with Crippen LogP contribution in [0, 0.1) is 0 Å². The molecule has 34 heavy (non-hydrogen) atoms. The molecule has 2 heterocycles. The van der Waals surface area contributed by atoms with E-state index in [1.165, 1.54) is 16.7 Å². The van der Waals surface area contributed by atoms with Crippen molar-refractivity contribution in [2.75, 3.05) is 18.8 Å². The summed E-state index contributed by atoms with van der Waals surface area (Å²) in [6.45, 7) is 0.474. The molecule has 1 fully saturated rings. The van der Waals surface area contributed by atoms with Crippen molar-refractivity contribution in [1.29, 1.82) is 0 Å². The van der Waals surface area contributed by atoms with E-state index in [-0.39, 0.29) is 12.7 Å². The van der Waals surface area contributed by atoms with Gasteiger partial charge in [0.1, 0.15) is 6.61 Å². The van der Waals surface area contributed by atoms with Gasteiger partial charge >= 0.3 is 0 Å². The molecule has 0 radical (unpaired) electrons. The van der Waals surface area contributed by atoms with E-state index in [0.717, 1.165) is 5.56 Å². The molecule has 0 unspecified atom stereocenters. The highest BCUT2D eigenvalue weighted by molar-refractivity contribution is 8.27. The highest BCUT2D eigenvalue weighted by Crippen LogP contribution is 2.42. The molecule has 1 amide bonds. The lowest BCUT2D eigenvalue weighted by molar-refractivity contribution is -0.113. The Labute approximate surface area is 211 Å². The minimum atomic E-state index is -0.222. The molecule has 0 atom stereocenters. The Kier molecular flexibility index (Phi) is 6.36. The van der Waals surface area contributed by atoms with E-state index < -0.39 is 0 Å². The molecular formula is C25H18ClNO5S2. The van der Waals surface area contributed by atoms with E-state index in [1.807, 2.05) is 42.5 Å². The number of thioether (sulfide) groups is 1. The summed E-state index contributed by atoms with van der Waals surface area (Å²) in [5, 5.41) is 0.659. The summed E-state index contributed by atoms with van der Waals surface area (Å²) < 4.78 is 22.8. The molecule has 2 aliphatic rings. The zero-order valence-electron chi connectivity index (χ0n) is 17.9. The first-order valence-corrected chi connectivity index (χ1v) is 11.9. The molecule has 3 aromatic carbocycles. The van der Waals surface area contributed by atoms with Crippen LogP contribution in [0.5, 0.6) is 23.0 Å². The van der Waals surface area contributed by atoms with E-state index >= 15 is 0 Å². The summed E-state index contributed by atoms with van der Waals surface area (Å²) >= 11 is 12.7. The normalized spacial score (nSPS) is 15.8. The molecule has 0 bridgehead atoms. The van der Waals surface area contributed by atoms with Crippen LogP contribution in [0.4, 0.5) is 5.69 Å². The predicted octanol–water partition coefficient (Wildman–Crippen LogP) is 6.06. The van der Waals surface area contributed by atoms with Gasteiger partial charge in [0.25, 0.3) is 5.91 Å². The Balaban J connectivity index is 1.43. The Hall–Kier alpha value is -3.20. The third kappa shape index (κ3) is 4.44. The van der Waals surface area contributed by atoms with Crippen LogP contribution in [-0.4, -0.2) is 24.1 Å². The van der Waals surface area contributed by atoms with Crippen molar-refractivity contribution in [3.63, 3.8) is 0 Å². The minimum Gasteiger partial charge on any atom is -0.493 e. The molecule has 5 rings (SSSR count). The van der Waals surface area contributed by atoms with Gasteiger partial charge < -0.3 is 18.9 Å². The third-order valence-electron chi connectivity index (χ3n) is 5.22. The second-order valence-corrected chi connectivity index (χ2v) is 9.46. The number of methoxy groups -OCH3 is 1. The summed E-state index contributed by atoms with van der Waals surface area (Å²) in [7, 11) is 1.58. The minimum absolute atomic E-state index is 0.158. The number of rotatable bonds is 6. The largest absolute Gasteiger partial charge is 0.493 e. The summed E-state index contributed by atoms with van der Waals surface area (Å²) in [6.07, 6.45) is 1.77. The molecular weight excluding hydrogens is 494 g/mol. The average Bonchev–Trinajstić information content (AvgIpc) is 3.42. The smallest absolute Gasteiger partial charge is 0.270 e. The third-order valence-corrected chi connectivity index (χ3v) is 6.77. The Morgan fingerprint density at radius 3 is 2.71 bits per heavy atom. The SMILES string of the molecule is COc1cccc(/C=C2/SC(=S)N(c3ccc4c(c3)OCO4)C2=O)c1OCc1ccc(Cl)cc1. The molecule has 0 saturated carbocycles. The maximum absolute atomic E-state index is 13.3. The van der Waals surface area contributed by atoms with Gasteiger partial charge in [-0.05, 0) is 42.0 Å².